The van der Waals surface area contributed by atoms with Gasteiger partial charge in [0, 0.05) is 19.3 Å². The summed E-state index contributed by atoms with van der Waals surface area (Å²) in [5.41, 5.74) is 5.69. The van der Waals surface area contributed by atoms with Gasteiger partial charge in [0.25, 0.3) is 0 Å². The molecule has 0 aliphatic rings. The lowest BCUT2D eigenvalue weighted by Gasteiger charge is -2.26. The van der Waals surface area contributed by atoms with Gasteiger partial charge in [0.2, 0.25) is 10.0 Å². The third-order valence-corrected chi connectivity index (χ3v) is 4.64. The summed E-state index contributed by atoms with van der Waals surface area (Å²) in [6.45, 7) is 6.10. The highest BCUT2D eigenvalue weighted by atomic mass is 32.2. The predicted octanol–water partition coefficient (Wildman–Crippen LogP) is 1.72. The first-order valence-corrected chi connectivity index (χ1v) is 7.87. The van der Waals surface area contributed by atoms with Crippen LogP contribution in [-0.2, 0) is 14.8 Å². The Bertz CT molecular complexity index is 633. The third kappa shape index (κ3) is 4.18. The maximum atomic E-state index is 12.7. The second kappa shape index (κ2) is 6.03. The topological polar surface area (TPSA) is 89.7 Å². The maximum Gasteiger partial charge on any atom is 0.339 e. The molecular formula is C14H22N2O4S. The molecule has 0 saturated heterocycles. The van der Waals surface area contributed by atoms with Crippen molar-refractivity contribution < 1.29 is 17.9 Å². The summed E-state index contributed by atoms with van der Waals surface area (Å²) in [5, 5.41) is 0. The van der Waals surface area contributed by atoms with E-state index in [0.717, 1.165) is 0 Å². The molecule has 0 amide bonds. The van der Waals surface area contributed by atoms with Crippen LogP contribution < -0.4 is 5.73 Å². The van der Waals surface area contributed by atoms with Crippen LogP contribution in [-0.4, -0.2) is 39.4 Å². The van der Waals surface area contributed by atoms with Gasteiger partial charge in [0.1, 0.15) is 0 Å². The normalized spacial score (nSPS) is 12.5. The second-order valence-corrected chi connectivity index (χ2v) is 8.08. The van der Waals surface area contributed by atoms with E-state index in [0.29, 0.717) is 6.54 Å². The zero-order valence-corrected chi connectivity index (χ0v) is 13.8. The summed E-state index contributed by atoms with van der Waals surface area (Å²) in [6, 6.07) is 4.11. The monoisotopic (exact) mass is 314 g/mol. The van der Waals surface area contributed by atoms with Crippen LogP contribution in [0.25, 0.3) is 0 Å². The Kier molecular flexibility index (Phi) is 5.01. The summed E-state index contributed by atoms with van der Waals surface area (Å²) in [6.07, 6.45) is 0. The van der Waals surface area contributed by atoms with Crippen LogP contribution in [0.1, 0.15) is 31.1 Å². The highest BCUT2D eigenvalue weighted by molar-refractivity contribution is 7.89. The number of sulfonamides is 1. The van der Waals surface area contributed by atoms with Gasteiger partial charge < -0.3 is 10.5 Å². The molecule has 118 valence electrons. The van der Waals surface area contributed by atoms with Gasteiger partial charge in [-0.3, -0.25) is 0 Å². The number of nitrogens with two attached hydrogens (primary N) is 1. The Hall–Kier alpha value is -1.60. The molecule has 1 aromatic rings. The molecule has 0 atom stereocenters. The number of carbonyl (C=O) groups excluding carboxylic acids is 1. The van der Waals surface area contributed by atoms with Gasteiger partial charge in [-0.05, 0) is 23.6 Å². The Morgan fingerprint density at radius 3 is 2.38 bits per heavy atom. The Labute approximate surface area is 125 Å². The fourth-order valence-corrected chi connectivity index (χ4v) is 3.56. The van der Waals surface area contributed by atoms with Crippen LogP contribution in [0.5, 0.6) is 0 Å². The molecule has 0 aromatic heterocycles. The molecule has 0 aliphatic carbocycles. The van der Waals surface area contributed by atoms with Gasteiger partial charge in [0.05, 0.1) is 17.6 Å². The van der Waals surface area contributed by atoms with Crippen LogP contribution >= 0.6 is 0 Å². The molecule has 6 nitrogen and oxygen atoms in total. The lowest BCUT2D eigenvalue weighted by atomic mass is 9.97. The van der Waals surface area contributed by atoms with E-state index in [9.17, 15) is 13.2 Å². The first-order chi connectivity index (χ1) is 9.49. The van der Waals surface area contributed by atoms with E-state index < -0.39 is 16.0 Å². The van der Waals surface area contributed by atoms with Crippen molar-refractivity contribution in [2.45, 2.75) is 25.7 Å². The number of anilines is 1. The van der Waals surface area contributed by atoms with Crippen molar-refractivity contribution in [1.29, 1.82) is 0 Å². The molecule has 0 bridgehead atoms. The Morgan fingerprint density at radius 1 is 1.33 bits per heavy atom. The van der Waals surface area contributed by atoms with Crippen LogP contribution in [0.15, 0.2) is 23.1 Å². The number of ether oxygens (including phenoxy) is 1. The molecule has 2 N–H and O–H groups in total. The van der Waals surface area contributed by atoms with E-state index in [1.165, 1.54) is 36.7 Å². The van der Waals surface area contributed by atoms with E-state index in [1.807, 2.05) is 20.8 Å². The van der Waals surface area contributed by atoms with E-state index in [4.69, 9.17) is 5.73 Å². The van der Waals surface area contributed by atoms with Gasteiger partial charge in [-0.2, -0.15) is 0 Å². The molecule has 0 aliphatic heterocycles. The molecule has 0 unspecified atom stereocenters. The van der Waals surface area contributed by atoms with Gasteiger partial charge in [-0.1, -0.05) is 20.8 Å². The van der Waals surface area contributed by atoms with Crippen molar-refractivity contribution >= 4 is 21.7 Å². The highest BCUT2D eigenvalue weighted by Crippen LogP contribution is 2.25. The minimum atomic E-state index is -3.83. The molecule has 0 spiro atoms. The standard InChI is InChI=1S/C14H22N2O4S/c1-14(2,3)9-16(4)21(18,19)12-8-10(15)6-7-11(12)13(17)20-5/h6-8H,9,15H2,1-5H3. The van der Waals surface area contributed by atoms with Crippen LogP contribution in [0.3, 0.4) is 0 Å². The molecule has 7 heteroatoms. The molecule has 21 heavy (non-hydrogen) atoms. The fourth-order valence-electron chi connectivity index (χ4n) is 1.95. The van der Waals surface area contributed by atoms with Crippen LogP contribution in [0, 0.1) is 5.41 Å². The van der Waals surface area contributed by atoms with Gasteiger partial charge in [-0.15, -0.1) is 0 Å². The minimum absolute atomic E-state index is 0.0209. The number of hydrogen-bond acceptors (Lipinski definition) is 5. The van der Waals surface area contributed by atoms with Crippen LogP contribution in [0.2, 0.25) is 0 Å². The number of rotatable bonds is 4. The zero-order chi connectivity index (χ0) is 16.4. The molecule has 0 heterocycles. The SMILES string of the molecule is COC(=O)c1ccc(N)cc1S(=O)(=O)N(C)CC(C)(C)C. The molecule has 0 fully saturated rings. The van der Waals surface area contributed by atoms with Gasteiger partial charge >= 0.3 is 5.97 Å². The zero-order valence-electron chi connectivity index (χ0n) is 13.0. The van der Waals surface area contributed by atoms with Crippen molar-refractivity contribution in [2.24, 2.45) is 5.41 Å². The average Bonchev–Trinajstić information content (AvgIpc) is 2.35. The summed E-state index contributed by atoms with van der Waals surface area (Å²) >= 11 is 0. The quantitative estimate of drug-likeness (QED) is 0.675. The van der Waals surface area contributed by atoms with Crippen molar-refractivity contribution in [3.8, 4) is 0 Å². The Balaban J connectivity index is 3.37. The number of benzene rings is 1. The average molecular weight is 314 g/mol. The number of carbonyl (C=O) groups is 1. The number of methoxy groups -OCH3 is 1. The maximum absolute atomic E-state index is 12.7. The van der Waals surface area contributed by atoms with E-state index in [1.54, 1.807) is 0 Å². The van der Waals surface area contributed by atoms with E-state index in [2.05, 4.69) is 4.74 Å². The molecule has 0 saturated carbocycles. The van der Waals surface area contributed by atoms with Crippen molar-refractivity contribution in [2.75, 3.05) is 26.4 Å². The summed E-state index contributed by atoms with van der Waals surface area (Å²) in [5.74, 6) is -0.710. The predicted molar refractivity (Wildman–Crippen MR) is 81.5 cm³/mol. The number of nitrogens with zero attached hydrogens (tertiary/aromatic N) is 1. The van der Waals surface area contributed by atoms with Crippen LogP contribution in [0.4, 0.5) is 5.69 Å². The fraction of sp³-hybridized carbons (Fsp3) is 0.500. The van der Waals surface area contributed by atoms with Gasteiger partial charge in [-0.25, -0.2) is 17.5 Å². The van der Waals surface area contributed by atoms with Crippen molar-refractivity contribution in [3.05, 3.63) is 23.8 Å². The lowest BCUT2D eigenvalue weighted by molar-refractivity contribution is 0.0596. The number of esters is 1. The smallest absolute Gasteiger partial charge is 0.339 e. The molecule has 1 aromatic carbocycles. The summed E-state index contributed by atoms with van der Waals surface area (Å²) in [7, 11) is -1.15. The molecular weight excluding hydrogens is 292 g/mol. The third-order valence-electron chi connectivity index (χ3n) is 2.80. The first-order valence-electron chi connectivity index (χ1n) is 6.43. The molecule has 0 radical (unpaired) electrons. The second-order valence-electron chi connectivity index (χ2n) is 6.07. The minimum Gasteiger partial charge on any atom is -0.465 e. The van der Waals surface area contributed by atoms with Gasteiger partial charge in [0.15, 0.2) is 0 Å². The van der Waals surface area contributed by atoms with Crippen molar-refractivity contribution in [1.82, 2.24) is 4.31 Å². The number of hydrogen-bond donors (Lipinski definition) is 1. The lowest BCUT2D eigenvalue weighted by Crippen LogP contribution is -2.35. The van der Waals surface area contributed by atoms with E-state index >= 15 is 0 Å². The largest absolute Gasteiger partial charge is 0.465 e. The Morgan fingerprint density at radius 2 is 1.90 bits per heavy atom. The highest BCUT2D eigenvalue weighted by Gasteiger charge is 2.29. The van der Waals surface area contributed by atoms with E-state index in [-0.39, 0.29) is 21.6 Å². The van der Waals surface area contributed by atoms with Crippen molar-refractivity contribution in [3.63, 3.8) is 0 Å². The molecule has 1 rings (SSSR count). The number of nitrogen functional groups attached to an aromatic ring is 1. The first kappa shape index (κ1) is 17.5. The summed E-state index contributed by atoms with van der Waals surface area (Å²) in [4.78, 5) is 11.6. The summed E-state index contributed by atoms with van der Waals surface area (Å²) < 4.78 is 31.2.